The zero-order chi connectivity index (χ0) is 14.6. The molecule has 1 N–H and O–H groups in total. The first-order valence-corrected chi connectivity index (χ1v) is 6.18. The van der Waals surface area contributed by atoms with Crippen molar-refractivity contribution in [2.75, 3.05) is 7.11 Å². The van der Waals surface area contributed by atoms with Gasteiger partial charge in [0.1, 0.15) is 11.7 Å². The van der Waals surface area contributed by atoms with Crippen LogP contribution in [0.15, 0.2) is 60.7 Å². The molecule has 2 aromatic rings. The summed E-state index contributed by atoms with van der Waals surface area (Å²) in [5.41, 5.74) is -0.405. The number of hydrogen-bond acceptors (Lipinski definition) is 4. The molecule has 4 nitrogen and oxygen atoms in total. The summed E-state index contributed by atoms with van der Waals surface area (Å²) in [5.74, 6) is -1.58. The Balaban J connectivity index is 0.00000220. The van der Waals surface area contributed by atoms with Gasteiger partial charge in [0.05, 0.1) is 5.97 Å². The molecule has 0 saturated carbocycles. The van der Waals surface area contributed by atoms with Crippen molar-refractivity contribution in [1.82, 2.24) is 0 Å². The quantitative estimate of drug-likeness (QED) is 0.630. The van der Waals surface area contributed by atoms with Crippen molar-refractivity contribution in [3.63, 3.8) is 0 Å². The van der Waals surface area contributed by atoms with Gasteiger partial charge in [-0.2, -0.15) is 0 Å². The topological polar surface area (TPSA) is 69.6 Å². The molecular formula is C16H15KO4. The van der Waals surface area contributed by atoms with Crippen LogP contribution in [0.4, 0.5) is 0 Å². The fourth-order valence-corrected chi connectivity index (χ4v) is 2.37. The van der Waals surface area contributed by atoms with Crippen molar-refractivity contribution >= 4 is 5.97 Å². The van der Waals surface area contributed by atoms with Crippen molar-refractivity contribution in [3.05, 3.63) is 71.8 Å². The van der Waals surface area contributed by atoms with Gasteiger partial charge >= 0.3 is 51.4 Å². The molecule has 0 fully saturated rings. The molecule has 0 amide bonds. The fraction of sp³-hybridized carbons (Fsp3) is 0.188. The molecule has 0 aliphatic rings. The minimum atomic E-state index is -1.82. The van der Waals surface area contributed by atoms with E-state index >= 15 is 0 Å². The first kappa shape index (κ1) is 18.5. The Labute approximate surface area is 166 Å². The van der Waals surface area contributed by atoms with E-state index in [0.29, 0.717) is 11.1 Å². The van der Waals surface area contributed by atoms with E-state index in [1.54, 1.807) is 60.7 Å². The molecule has 0 bridgehead atoms. The standard InChI is InChI=1S/C16H16O4.K/c1-20-16(14(17)15(18)19,12-8-4-2-5-9-12)13-10-6-3-7-11-13;/h2-11,14,17H,1H3,(H,18,19);/q;+1/p-1. The van der Waals surface area contributed by atoms with Crippen molar-refractivity contribution in [1.29, 1.82) is 0 Å². The third kappa shape index (κ3) is 3.63. The summed E-state index contributed by atoms with van der Waals surface area (Å²) >= 11 is 0. The predicted molar refractivity (Wildman–Crippen MR) is 71.7 cm³/mol. The minimum absolute atomic E-state index is 0. The minimum Gasteiger partial charge on any atom is -0.547 e. The second kappa shape index (κ2) is 8.19. The van der Waals surface area contributed by atoms with Gasteiger partial charge in [0.25, 0.3) is 0 Å². The van der Waals surface area contributed by atoms with Crippen LogP contribution in [-0.4, -0.2) is 24.3 Å². The average Bonchev–Trinajstić information content (AvgIpc) is 2.50. The second-order valence-electron chi connectivity index (χ2n) is 4.39. The summed E-state index contributed by atoms with van der Waals surface area (Å²) in [6, 6.07) is 17.5. The molecule has 0 aromatic heterocycles. The van der Waals surface area contributed by atoms with E-state index in [-0.39, 0.29) is 51.4 Å². The molecule has 21 heavy (non-hydrogen) atoms. The third-order valence-corrected chi connectivity index (χ3v) is 3.34. The van der Waals surface area contributed by atoms with Crippen LogP contribution in [0.5, 0.6) is 0 Å². The molecule has 1 atom stereocenters. The molecule has 0 aliphatic heterocycles. The van der Waals surface area contributed by atoms with Crippen molar-refractivity contribution < 1.29 is 71.1 Å². The molecule has 104 valence electrons. The van der Waals surface area contributed by atoms with Crippen LogP contribution in [0.1, 0.15) is 11.1 Å². The van der Waals surface area contributed by atoms with Crippen LogP contribution in [0.3, 0.4) is 0 Å². The van der Waals surface area contributed by atoms with Gasteiger partial charge in [0.2, 0.25) is 0 Å². The maximum absolute atomic E-state index is 11.2. The first-order valence-electron chi connectivity index (χ1n) is 6.18. The summed E-state index contributed by atoms with van der Waals surface area (Å²) in [4.78, 5) is 11.2. The van der Waals surface area contributed by atoms with Crippen LogP contribution in [-0.2, 0) is 15.1 Å². The molecule has 2 aromatic carbocycles. The van der Waals surface area contributed by atoms with Crippen LogP contribution in [0.25, 0.3) is 0 Å². The number of methoxy groups -OCH3 is 1. The number of hydrogen-bond donors (Lipinski definition) is 1. The summed E-state index contributed by atoms with van der Waals surface area (Å²) < 4.78 is 5.46. The van der Waals surface area contributed by atoms with Gasteiger partial charge in [-0.05, 0) is 11.1 Å². The Morgan fingerprint density at radius 2 is 1.43 bits per heavy atom. The van der Waals surface area contributed by atoms with E-state index in [1.165, 1.54) is 7.11 Å². The van der Waals surface area contributed by atoms with Crippen molar-refractivity contribution in [3.8, 4) is 0 Å². The summed E-state index contributed by atoms with van der Waals surface area (Å²) in [6.45, 7) is 0. The van der Waals surface area contributed by atoms with Crippen LogP contribution >= 0.6 is 0 Å². The van der Waals surface area contributed by atoms with Gasteiger partial charge in [0.15, 0.2) is 0 Å². The number of carboxylic acids is 1. The molecular weight excluding hydrogens is 295 g/mol. The number of aliphatic carboxylic acids is 1. The van der Waals surface area contributed by atoms with Gasteiger partial charge in [-0.15, -0.1) is 0 Å². The normalized spacial score (nSPS) is 12.3. The Kier molecular flexibility index (Phi) is 7.22. The van der Waals surface area contributed by atoms with E-state index in [2.05, 4.69) is 0 Å². The van der Waals surface area contributed by atoms with Gasteiger partial charge in [-0.25, -0.2) is 0 Å². The molecule has 2 rings (SSSR count). The number of rotatable bonds is 5. The van der Waals surface area contributed by atoms with Gasteiger partial charge < -0.3 is 19.7 Å². The Bertz CT molecular complexity index is 532. The number of aliphatic hydroxyl groups is 1. The first-order chi connectivity index (χ1) is 9.63. The summed E-state index contributed by atoms with van der Waals surface area (Å²) in [6.07, 6.45) is -1.82. The van der Waals surface area contributed by atoms with E-state index in [1.807, 2.05) is 0 Å². The van der Waals surface area contributed by atoms with E-state index in [9.17, 15) is 15.0 Å². The summed E-state index contributed by atoms with van der Waals surface area (Å²) in [5, 5.41) is 21.4. The van der Waals surface area contributed by atoms with Crippen LogP contribution in [0.2, 0.25) is 0 Å². The zero-order valence-electron chi connectivity index (χ0n) is 12.0. The average molecular weight is 310 g/mol. The molecule has 1 unspecified atom stereocenters. The second-order valence-corrected chi connectivity index (χ2v) is 4.39. The van der Waals surface area contributed by atoms with E-state index < -0.39 is 17.7 Å². The monoisotopic (exact) mass is 310 g/mol. The number of benzene rings is 2. The maximum atomic E-state index is 11.2. The van der Waals surface area contributed by atoms with Crippen LogP contribution < -0.4 is 56.5 Å². The molecule has 0 heterocycles. The number of carboxylic acid groups (broad SMARTS) is 1. The Morgan fingerprint density at radius 1 is 1.05 bits per heavy atom. The van der Waals surface area contributed by atoms with Crippen molar-refractivity contribution in [2.24, 2.45) is 0 Å². The van der Waals surface area contributed by atoms with E-state index in [0.717, 1.165) is 0 Å². The number of ether oxygens (including phenoxy) is 1. The summed E-state index contributed by atoms with van der Waals surface area (Å²) in [7, 11) is 1.37. The zero-order valence-corrected chi connectivity index (χ0v) is 15.1. The van der Waals surface area contributed by atoms with Gasteiger partial charge in [-0.3, -0.25) is 0 Å². The SMILES string of the molecule is COC(c1ccccc1)(c1ccccc1)C(O)C(=O)[O-].[K+]. The number of aliphatic hydroxyl groups excluding tert-OH is 1. The molecule has 0 aliphatic carbocycles. The largest absolute Gasteiger partial charge is 1.00 e. The predicted octanol–water partition coefficient (Wildman–Crippen LogP) is -2.31. The molecule has 0 radical (unpaired) electrons. The Morgan fingerprint density at radius 3 is 1.71 bits per heavy atom. The van der Waals surface area contributed by atoms with E-state index in [4.69, 9.17) is 4.74 Å². The smallest absolute Gasteiger partial charge is 0.547 e. The number of carbonyl (C=O) groups excluding carboxylic acids is 1. The molecule has 5 heteroatoms. The van der Waals surface area contributed by atoms with Gasteiger partial charge in [0, 0.05) is 7.11 Å². The number of carbonyl (C=O) groups is 1. The van der Waals surface area contributed by atoms with Crippen LogP contribution in [0, 0.1) is 0 Å². The maximum Gasteiger partial charge on any atom is 1.00 e. The van der Waals surface area contributed by atoms with Gasteiger partial charge in [-0.1, -0.05) is 60.7 Å². The fourth-order valence-electron chi connectivity index (χ4n) is 2.37. The Hall–Kier alpha value is -0.534. The van der Waals surface area contributed by atoms with Crippen molar-refractivity contribution in [2.45, 2.75) is 11.7 Å². The molecule has 0 saturated heterocycles. The molecule has 0 spiro atoms. The third-order valence-electron chi connectivity index (χ3n) is 3.34.